The van der Waals surface area contributed by atoms with E-state index in [0.29, 0.717) is 22.2 Å². The molecule has 0 saturated carbocycles. The lowest BCUT2D eigenvalue weighted by Gasteiger charge is -2.00. The Hall–Kier alpha value is -0.730. The number of benzene rings is 1. The van der Waals surface area contributed by atoms with Crippen molar-refractivity contribution in [2.75, 3.05) is 0 Å². The van der Waals surface area contributed by atoms with Crippen LogP contribution in [0, 0.1) is 0 Å². The fourth-order valence-electron chi connectivity index (χ4n) is 1.24. The molecule has 0 fully saturated rings. The van der Waals surface area contributed by atoms with Gasteiger partial charge in [0.05, 0.1) is 10.0 Å². The van der Waals surface area contributed by atoms with Crippen LogP contribution in [-0.4, -0.2) is 5.91 Å². The molecule has 0 atom stereocenters. The number of rotatable bonds is 0. The number of nitrogens with one attached hydrogen (secondary N) is 1. The molecule has 4 heteroatoms. The molecule has 1 aliphatic rings. The summed E-state index contributed by atoms with van der Waals surface area (Å²) in [5.41, 5.74) is 1.43. The second kappa shape index (κ2) is 2.64. The molecule has 0 aliphatic carbocycles. The van der Waals surface area contributed by atoms with Gasteiger partial charge in [0, 0.05) is 17.7 Å². The minimum atomic E-state index is -0.0800. The van der Waals surface area contributed by atoms with Crippen LogP contribution in [0.4, 0.5) is 0 Å². The summed E-state index contributed by atoms with van der Waals surface area (Å²) in [6.45, 7) is 0.480. The summed E-state index contributed by atoms with van der Waals surface area (Å²) in [5, 5.41) is 3.64. The first-order valence-corrected chi connectivity index (χ1v) is 4.21. The van der Waals surface area contributed by atoms with Crippen LogP contribution in [0.15, 0.2) is 12.1 Å². The van der Waals surface area contributed by atoms with E-state index in [4.69, 9.17) is 23.2 Å². The van der Waals surface area contributed by atoms with E-state index in [1.165, 1.54) is 0 Å². The Kier molecular flexibility index (Phi) is 1.74. The van der Waals surface area contributed by atoms with E-state index in [2.05, 4.69) is 5.32 Å². The molecule has 1 aromatic carbocycles. The van der Waals surface area contributed by atoms with Crippen molar-refractivity contribution < 1.29 is 4.79 Å². The van der Waals surface area contributed by atoms with Crippen LogP contribution in [0.1, 0.15) is 15.9 Å². The van der Waals surface area contributed by atoms with Gasteiger partial charge >= 0.3 is 0 Å². The lowest BCUT2D eigenvalue weighted by atomic mass is 10.1. The van der Waals surface area contributed by atoms with Gasteiger partial charge in [-0.25, -0.2) is 0 Å². The van der Waals surface area contributed by atoms with Crippen molar-refractivity contribution in [3.05, 3.63) is 33.3 Å². The quantitative estimate of drug-likeness (QED) is 0.686. The molecule has 1 amide bonds. The highest BCUT2D eigenvalue weighted by Crippen LogP contribution is 2.30. The second-order valence-electron chi connectivity index (χ2n) is 2.57. The summed E-state index contributed by atoms with van der Waals surface area (Å²) >= 11 is 11.6. The lowest BCUT2D eigenvalue weighted by molar-refractivity contribution is 0.0966. The van der Waals surface area contributed by atoms with Gasteiger partial charge in [0.1, 0.15) is 0 Å². The molecule has 1 aliphatic heterocycles. The summed E-state index contributed by atoms with van der Waals surface area (Å²) in [6, 6.07) is 3.32. The van der Waals surface area contributed by atoms with E-state index in [9.17, 15) is 4.79 Å². The molecule has 0 unspecified atom stereocenters. The van der Waals surface area contributed by atoms with E-state index in [1.807, 2.05) is 0 Å². The second-order valence-corrected chi connectivity index (χ2v) is 3.36. The maximum Gasteiger partial charge on any atom is 0.251 e. The topological polar surface area (TPSA) is 29.1 Å². The Labute approximate surface area is 79.5 Å². The average Bonchev–Trinajstić information content (AvgIpc) is 2.41. The zero-order valence-corrected chi connectivity index (χ0v) is 7.54. The van der Waals surface area contributed by atoms with Crippen LogP contribution >= 0.6 is 23.2 Å². The third-order valence-corrected chi connectivity index (χ3v) is 2.71. The molecule has 2 nitrogen and oxygen atoms in total. The molecule has 0 bridgehead atoms. The smallest absolute Gasteiger partial charge is 0.251 e. The molecular weight excluding hydrogens is 197 g/mol. The van der Waals surface area contributed by atoms with Crippen molar-refractivity contribution in [2.24, 2.45) is 0 Å². The lowest BCUT2D eigenvalue weighted by Crippen LogP contribution is -2.12. The predicted molar refractivity (Wildman–Crippen MR) is 47.6 cm³/mol. The fraction of sp³-hybridized carbons (Fsp3) is 0.125. The van der Waals surface area contributed by atoms with Crippen LogP contribution < -0.4 is 5.32 Å². The van der Waals surface area contributed by atoms with Gasteiger partial charge in [-0.15, -0.1) is 0 Å². The molecule has 0 radical (unpaired) electrons. The molecule has 1 aromatic rings. The van der Waals surface area contributed by atoms with Crippen molar-refractivity contribution in [3.63, 3.8) is 0 Å². The van der Waals surface area contributed by atoms with Gasteiger partial charge in [0.25, 0.3) is 5.91 Å². The predicted octanol–water partition coefficient (Wildman–Crippen LogP) is 2.24. The average molecular weight is 202 g/mol. The van der Waals surface area contributed by atoms with Crippen molar-refractivity contribution in [1.82, 2.24) is 5.32 Å². The zero-order valence-electron chi connectivity index (χ0n) is 6.03. The van der Waals surface area contributed by atoms with E-state index in [0.717, 1.165) is 5.56 Å². The Balaban J connectivity index is 2.68. The first-order chi connectivity index (χ1) is 5.70. The zero-order chi connectivity index (χ0) is 8.72. The van der Waals surface area contributed by atoms with Crippen molar-refractivity contribution in [3.8, 4) is 0 Å². The van der Waals surface area contributed by atoms with E-state index in [-0.39, 0.29) is 5.91 Å². The van der Waals surface area contributed by atoms with E-state index >= 15 is 0 Å². The maximum absolute atomic E-state index is 11.1. The number of amides is 1. The van der Waals surface area contributed by atoms with E-state index in [1.54, 1.807) is 12.1 Å². The molecular formula is C8H5Cl2NO. The monoisotopic (exact) mass is 201 g/mol. The van der Waals surface area contributed by atoms with Crippen LogP contribution in [-0.2, 0) is 6.54 Å². The molecule has 62 valence electrons. The van der Waals surface area contributed by atoms with Gasteiger partial charge in [-0.3, -0.25) is 4.79 Å². The highest BCUT2D eigenvalue weighted by molar-refractivity contribution is 6.42. The van der Waals surface area contributed by atoms with E-state index < -0.39 is 0 Å². The molecule has 2 rings (SSSR count). The Morgan fingerprint density at radius 1 is 1.33 bits per heavy atom. The van der Waals surface area contributed by atoms with Gasteiger partial charge in [-0.1, -0.05) is 23.2 Å². The molecule has 1 heterocycles. The SMILES string of the molecule is O=C1NCc2c1ccc(Cl)c2Cl. The number of hydrogen-bond acceptors (Lipinski definition) is 1. The van der Waals surface area contributed by atoms with Crippen LogP contribution in [0.3, 0.4) is 0 Å². The summed E-state index contributed by atoms with van der Waals surface area (Å²) < 4.78 is 0. The summed E-state index contributed by atoms with van der Waals surface area (Å²) in [5.74, 6) is -0.0800. The van der Waals surface area contributed by atoms with Gasteiger partial charge < -0.3 is 5.32 Å². The Morgan fingerprint density at radius 3 is 2.83 bits per heavy atom. The first kappa shape index (κ1) is 7.90. The fourth-order valence-corrected chi connectivity index (χ4v) is 1.65. The number of halogens is 2. The minimum Gasteiger partial charge on any atom is -0.348 e. The maximum atomic E-state index is 11.1. The van der Waals surface area contributed by atoms with Crippen molar-refractivity contribution >= 4 is 29.1 Å². The largest absolute Gasteiger partial charge is 0.348 e. The number of fused-ring (bicyclic) bond motifs is 1. The highest BCUT2D eigenvalue weighted by atomic mass is 35.5. The third kappa shape index (κ3) is 0.993. The Bertz CT molecular complexity index is 362. The van der Waals surface area contributed by atoms with Crippen LogP contribution in [0.25, 0.3) is 0 Å². The Morgan fingerprint density at radius 2 is 2.08 bits per heavy atom. The van der Waals surface area contributed by atoms with Gasteiger partial charge in [0.2, 0.25) is 0 Å². The van der Waals surface area contributed by atoms with Gasteiger partial charge in [-0.05, 0) is 12.1 Å². The normalized spacial score (nSPS) is 14.3. The molecule has 0 aromatic heterocycles. The van der Waals surface area contributed by atoms with Crippen LogP contribution in [0.5, 0.6) is 0 Å². The highest BCUT2D eigenvalue weighted by Gasteiger charge is 2.21. The standard InChI is InChI=1S/C8H5Cl2NO/c9-6-2-1-4-5(7(6)10)3-11-8(4)12/h1-2H,3H2,(H,11,12). The first-order valence-electron chi connectivity index (χ1n) is 3.45. The number of hydrogen-bond donors (Lipinski definition) is 1. The summed E-state index contributed by atoms with van der Waals surface area (Å²) in [6.07, 6.45) is 0. The molecule has 0 spiro atoms. The van der Waals surface area contributed by atoms with Gasteiger partial charge in [0.15, 0.2) is 0 Å². The van der Waals surface area contributed by atoms with Crippen LogP contribution in [0.2, 0.25) is 10.0 Å². The number of carbonyl (C=O) groups excluding carboxylic acids is 1. The molecule has 12 heavy (non-hydrogen) atoms. The van der Waals surface area contributed by atoms with Gasteiger partial charge in [-0.2, -0.15) is 0 Å². The summed E-state index contributed by atoms with van der Waals surface area (Å²) in [4.78, 5) is 11.1. The molecule has 0 saturated heterocycles. The molecule has 1 N–H and O–H groups in total. The minimum absolute atomic E-state index is 0.0800. The number of carbonyl (C=O) groups is 1. The summed E-state index contributed by atoms with van der Waals surface area (Å²) in [7, 11) is 0. The van der Waals surface area contributed by atoms with Crippen molar-refractivity contribution in [1.29, 1.82) is 0 Å². The third-order valence-electron chi connectivity index (χ3n) is 1.87. The van der Waals surface area contributed by atoms with Crippen molar-refractivity contribution in [2.45, 2.75) is 6.54 Å².